The van der Waals surface area contributed by atoms with Crippen LogP contribution in [-0.2, 0) is 6.54 Å². The SMILES string of the molecule is COc1cccc(CNC2CCCCC2C(C)C)n1. The lowest BCUT2D eigenvalue weighted by atomic mass is 9.78. The first-order chi connectivity index (χ1) is 9.20. The van der Waals surface area contributed by atoms with Crippen LogP contribution >= 0.6 is 0 Å². The average Bonchev–Trinajstić information content (AvgIpc) is 2.45. The van der Waals surface area contributed by atoms with Gasteiger partial charge in [0.1, 0.15) is 0 Å². The van der Waals surface area contributed by atoms with Crippen LogP contribution in [0.5, 0.6) is 5.88 Å². The minimum atomic E-state index is 0.641. The second-order valence-electron chi connectivity index (χ2n) is 5.85. The number of nitrogens with one attached hydrogen (secondary N) is 1. The predicted molar refractivity (Wildman–Crippen MR) is 78.2 cm³/mol. The molecule has 0 aromatic carbocycles. The summed E-state index contributed by atoms with van der Waals surface area (Å²) in [5.41, 5.74) is 1.06. The molecule has 0 aliphatic heterocycles. The van der Waals surface area contributed by atoms with E-state index in [1.54, 1.807) is 7.11 Å². The highest BCUT2D eigenvalue weighted by atomic mass is 16.5. The molecule has 1 aliphatic carbocycles. The van der Waals surface area contributed by atoms with Gasteiger partial charge in [-0.1, -0.05) is 32.8 Å². The van der Waals surface area contributed by atoms with Gasteiger partial charge in [0, 0.05) is 18.7 Å². The lowest BCUT2D eigenvalue weighted by Crippen LogP contribution is -2.40. The molecule has 0 amide bonds. The van der Waals surface area contributed by atoms with Crippen LogP contribution in [0.3, 0.4) is 0 Å². The molecule has 3 heteroatoms. The Morgan fingerprint density at radius 2 is 2.11 bits per heavy atom. The van der Waals surface area contributed by atoms with E-state index in [-0.39, 0.29) is 0 Å². The maximum absolute atomic E-state index is 5.17. The van der Waals surface area contributed by atoms with Crippen LogP contribution in [0.2, 0.25) is 0 Å². The highest BCUT2D eigenvalue weighted by molar-refractivity contribution is 5.15. The van der Waals surface area contributed by atoms with Gasteiger partial charge in [0.2, 0.25) is 5.88 Å². The summed E-state index contributed by atoms with van der Waals surface area (Å²) in [5, 5.41) is 3.70. The van der Waals surface area contributed by atoms with Gasteiger partial charge in [0.05, 0.1) is 12.8 Å². The third kappa shape index (κ3) is 3.93. The summed E-state index contributed by atoms with van der Waals surface area (Å²) in [5.74, 6) is 2.26. The van der Waals surface area contributed by atoms with Crippen molar-refractivity contribution >= 4 is 0 Å². The fourth-order valence-corrected chi connectivity index (χ4v) is 3.12. The van der Waals surface area contributed by atoms with Crippen LogP contribution in [0.4, 0.5) is 0 Å². The smallest absolute Gasteiger partial charge is 0.213 e. The second-order valence-corrected chi connectivity index (χ2v) is 5.85. The van der Waals surface area contributed by atoms with Gasteiger partial charge in [-0.2, -0.15) is 0 Å². The van der Waals surface area contributed by atoms with E-state index in [1.165, 1.54) is 25.7 Å². The molecule has 0 saturated heterocycles. The first-order valence-electron chi connectivity index (χ1n) is 7.44. The lowest BCUT2D eigenvalue weighted by molar-refractivity contribution is 0.204. The summed E-state index contributed by atoms with van der Waals surface area (Å²) >= 11 is 0. The van der Waals surface area contributed by atoms with E-state index in [1.807, 2.05) is 12.1 Å². The highest BCUT2D eigenvalue weighted by Gasteiger charge is 2.26. The van der Waals surface area contributed by atoms with Crippen molar-refractivity contribution < 1.29 is 4.74 Å². The van der Waals surface area contributed by atoms with Crippen LogP contribution in [0.1, 0.15) is 45.2 Å². The van der Waals surface area contributed by atoms with Crippen molar-refractivity contribution in [3.63, 3.8) is 0 Å². The Kier molecular flexibility index (Phi) is 5.20. The zero-order chi connectivity index (χ0) is 13.7. The summed E-state index contributed by atoms with van der Waals surface area (Å²) in [6.07, 6.45) is 5.40. The van der Waals surface area contributed by atoms with E-state index >= 15 is 0 Å². The molecule has 2 atom stereocenters. The Bertz CT molecular complexity index is 392. The molecule has 2 unspecified atom stereocenters. The molecule has 1 aromatic rings. The Morgan fingerprint density at radius 1 is 1.32 bits per heavy atom. The summed E-state index contributed by atoms with van der Waals surface area (Å²) in [7, 11) is 1.66. The molecular formula is C16H26N2O. The fourth-order valence-electron chi connectivity index (χ4n) is 3.12. The van der Waals surface area contributed by atoms with Gasteiger partial charge in [0.25, 0.3) is 0 Å². The van der Waals surface area contributed by atoms with Gasteiger partial charge >= 0.3 is 0 Å². The standard InChI is InChI=1S/C16H26N2O/c1-12(2)14-8-4-5-9-15(14)17-11-13-7-6-10-16(18-13)19-3/h6-7,10,12,14-15,17H,4-5,8-9,11H2,1-3H3. The normalized spacial score (nSPS) is 23.6. The van der Waals surface area contributed by atoms with Crippen molar-refractivity contribution in [1.29, 1.82) is 0 Å². The van der Waals surface area contributed by atoms with Gasteiger partial charge in [-0.15, -0.1) is 0 Å². The molecule has 0 bridgehead atoms. The zero-order valence-electron chi connectivity index (χ0n) is 12.4. The van der Waals surface area contributed by atoms with Gasteiger partial charge < -0.3 is 10.1 Å². The highest BCUT2D eigenvalue weighted by Crippen LogP contribution is 2.30. The average molecular weight is 262 g/mol. The predicted octanol–water partition coefficient (Wildman–Crippen LogP) is 3.39. The van der Waals surface area contributed by atoms with E-state index in [9.17, 15) is 0 Å². The molecule has 2 rings (SSSR count). The van der Waals surface area contributed by atoms with Crippen molar-refractivity contribution in [3.05, 3.63) is 23.9 Å². The number of ether oxygens (including phenoxy) is 1. The number of nitrogens with zero attached hydrogens (tertiary/aromatic N) is 1. The Balaban J connectivity index is 1.92. The fraction of sp³-hybridized carbons (Fsp3) is 0.688. The van der Waals surface area contributed by atoms with E-state index < -0.39 is 0 Å². The number of rotatable bonds is 5. The van der Waals surface area contributed by atoms with Crippen LogP contribution < -0.4 is 10.1 Å². The van der Waals surface area contributed by atoms with Crippen molar-refractivity contribution in [2.45, 2.75) is 52.1 Å². The first kappa shape index (κ1) is 14.3. The van der Waals surface area contributed by atoms with Crippen LogP contribution in [0.25, 0.3) is 0 Å². The monoisotopic (exact) mass is 262 g/mol. The largest absolute Gasteiger partial charge is 0.481 e. The Labute approximate surface area is 116 Å². The van der Waals surface area contributed by atoms with Crippen molar-refractivity contribution in [2.24, 2.45) is 11.8 Å². The molecule has 1 aliphatic rings. The van der Waals surface area contributed by atoms with Gasteiger partial charge in [0.15, 0.2) is 0 Å². The molecule has 1 fully saturated rings. The van der Waals surface area contributed by atoms with Crippen LogP contribution in [-0.4, -0.2) is 18.1 Å². The first-order valence-corrected chi connectivity index (χ1v) is 7.44. The summed E-state index contributed by atoms with van der Waals surface area (Å²) in [6, 6.07) is 6.59. The maximum Gasteiger partial charge on any atom is 0.213 e. The topological polar surface area (TPSA) is 34.1 Å². The second kappa shape index (κ2) is 6.90. The minimum Gasteiger partial charge on any atom is -0.481 e. The van der Waals surface area contributed by atoms with E-state index in [0.717, 1.165) is 24.1 Å². The summed E-state index contributed by atoms with van der Waals surface area (Å²) in [4.78, 5) is 4.46. The Hall–Kier alpha value is -1.09. The number of methoxy groups -OCH3 is 1. The van der Waals surface area contributed by atoms with Crippen molar-refractivity contribution in [1.82, 2.24) is 10.3 Å². The number of hydrogen-bond acceptors (Lipinski definition) is 3. The number of hydrogen-bond donors (Lipinski definition) is 1. The number of aromatic nitrogens is 1. The molecule has 106 valence electrons. The molecular weight excluding hydrogens is 236 g/mol. The third-order valence-corrected chi connectivity index (χ3v) is 4.21. The molecule has 19 heavy (non-hydrogen) atoms. The maximum atomic E-state index is 5.17. The van der Waals surface area contributed by atoms with Gasteiger partial charge in [-0.3, -0.25) is 0 Å². The lowest BCUT2D eigenvalue weighted by Gasteiger charge is -2.35. The van der Waals surface area contributed by atoms with Crippen LogP contribution in [0, 0.1) is 11.8 Å². The van der Waals surface area contributed by atoms with E-state index in [2.05, 4.69) is 30.2 Å². The van der Waals surface area contributed by atoms with E-state index in [4.69, 9.17) is 4.74 Å². The van der Waals surface area contributed by atoms with Gasteiger partial charge in [-0.25, -0.2) is 4.98 Å². The number of pyridine rings is 1. The van der Waals surface area contributed by atoms with Gasteiger partial charge in [-0.05, 0) is 30.7 Å². The molecule has 0 spiro atoms. The van der Waals surface area contributed by atoms with Crippen LogP contribution in [0.15, 0.2) is 18.2 Å². The molecule has 1 heterocycles. The van der Waals surface area contributed by atoms with Crippen molar-refractivity contribution in [3.8, 4) is 5.88 Å². The molecule has 0 radical (unpaired) electrons. The minimum absolute atomic E-state index is 0.641. The van der Waals surface area contributed by atoms with E-state index in [0.29, 0.717) is 11.9 Å². The molecule has 3 nitrogen and oxygen atoms in total. The quantitative estimate of drug-likeness (QED) is 0.883. The molecule has 1 saturated carbocycles. The summed E-state index contributed by atoms with van der Waals surface area (Å²) < 4.78 is 5.17. The Morgan fingerprint density at radius 3 is 2.84 bits per heavy atom. The third-order valence-electron chi connectivity index (χ3n) is 4.21. The van der Waals surface area contributed by atoms with Crippen molar-refractivity contribution in [2.75, 3.05) is 7.11 Å². The molecule has 1 N–H and O–H groups in total. The molecule has 1 aromatic heterocycles. The zero-order valence-corrected chi connectivity index (χ0v) is 12.4. The summed E-state index contributed by atoms with van der Waals surface area (Å²) in [6.45, 7) is 5.52.